The molecule has 1 fully saturated rings. The third kappa shape index (κ3) is 7.31. The van der Waals surface area contributed by atoms with Crippen LogP contribution in [0.15, 0.2) is 54.7 Å². The molecule has 1 aliphatic rings. The minimum absolute atomic E-state index is 0.0950. The fraction of sp³-hybridized carbons (Fsp3) is 0.400. The predicted molar refractivity (Wildman–Crippen MR) is 147 cm³/mol. The highest BCUT2D eigenvalue weighted by Crippen LogP contribution is 2.23. The van der Waals surface area contributed by atoms with Crippen LogP contribution in [0.1, 0.15) is 62.5 Å². The Bertz CT molecular complexity index is 1310. The molecule has 0 bridgehead atoms. The number of benzene rings is 2. The number of likely N-dealkylation sites (tertiary alicyclic amines) is 1. The van der Waals surface area contributed by atoms with Crippen LogP contribution < -0.4 is 10.6 Å². The van der Waals surface area contributed by atoms with Gasteiger partial charge in [-0.2, -0.15) is 0 Å². The van der Waals surface area contributed by atoms with Crippen LogP contribution in [0.25, 0.3) is 11.3 Å². The number of aromatic nitrogens is 2. The van der Waals surface area contributed by atoms with Crippen LogP contribution in [0.2, 0.25) is 0 Å². The number of hydrogen-bond acceptors (Lipinski definition) is 4. The minimum atomic E-state index is -1.05. The van der Waals surface area contributed by atoms with Gasteiger partial charge in [-0.25, -0.2) is 9.37 Å². The van der Waals surface area contributed by atoms with E-state index >= 15 is 0 Å². The van der Waals surface area contributed by atoms with E-state index in [0.717, 1.165) is 30.4 Å². The van der Waals surface area contributed by atoms with E-state index in [1.165, 1.54) is 12.3 Å². The van der Waals surface area contributed by atoms with E-state index in [1.54, 1.807) is 17.9 Å². The number of aromatic amines is 1. The van der Waals surface area contributed by atoms with Gasteiger partial charge in [0.25, 0.3) is 0 Å². The minimum Gasteiger partial charge on any atom is -0.345 e. The number of carbonyl (C=O) groups excluding carboxylic acids is 3. The van der Waals surface area contributed by atoms with Crippen LogP contribution in [-0.2, 0) is 20.8 Å². The number of H-pyrrole nitrogens is 1. The topological polar surface area (TPSA) is 107 Å². The van der Waals surface area contributed by atoms with Gasteiger partial charge in [0.15, 0.2) is 0 Å². The highest BCUT2D eigenvalue weighted by atomic mass is 19.1. The van der Waals surface area contributed by atoms with Crippen molar-refractivity contribution in [1.82, 2.24) is 25.5 Å². The smallest absolute Gasteiger partial charge is 0.243 e. The van der Waals surface area contributed by atoms with E-state index in [1.807, 2.05) is 50.2 Å². The van der Waals surface area contributed by atoms with Crippen LogP contribution >= 0.6 is 0 Å². The molecule has 0 aliphatic carbocycles. The van der Waals surface area contributed by atoms with Crippen molar-refractivity contribution in [3.8, 4) is 11.3 Å². The Morgan fingerprint density at radius 2 is 1.90 bits per heavy atom. The SMILES string of the molecule is Cc1ccc(-c2cnc([C@H](C)NC(=O)[C@H](CC(=O)N3CCCC[C@@H]3C)NC(=O)Cc3ccccc3)[nH]2)c(F)c1. The zero-order valence-corrected chi connectivity index (χ0v) is 22.7. The summed E-state index contributed by atoms with van der Waals surface area (Å²) in [6, 6.07) is 12.6. The van der Waals surface area contributed by atoms with Crippen molar-refractivity contribution in [3.05, 3.63) is 77.5 Å². The Balaban J connectivity index is 1.46. The Morgan fingerprint density at radius 3 is 2.62 bits per heavy atom. The number of amides is 3. The van der Waals surface area contributed by atoms with Gasteiger partial charge in [-0.1, -0.05) is 36.4 Å². The summed E-state index contributed by atoms with van der Waals surface area (Å²) in [4.78, 5) is 48.6. The molecule has 2 heterocycles. The van der Waals surface area contributed by atoms with Gasteiger partial charge in [0.1, 0.15) is 17.7 Å². The van der Waals surface area contributed by atoms with E-state index in [0.29, 0.717) is 23.6 Å². The lowest BCUT2D eigenvalue weighted by atomic mass is 10.0. The van der Waals surface area contributed by atoms with Crippen LogP contribution in [0.4, 0.5) is 4.39 Å². The number of nitrogens with one attached hydrogen (secondary N) is 3. The second kappa shape index (κ2) is 12.7. The van der Waals surface area contributed by atoms with Gasteiger partial charge >= 0.3 is 0 Å². The molecule has 3 amide bonds. The van der Waals surface area contributed by atoms with Gasteiger partial charge in [0, 0.05) is 18.2 Å². The molecule has 3 atom stereocenters. The Hall–Kier alpha value is -4.01. The fourth-order valence-electron chi connectivity index (χ4n) is 4.91. The molecule has 4 rings (SSSR count). The molecule has 39 heavy (non-hydrogen) atoms. The lowest BCUT2D eigenvalue weighted by molar-refractivity contribution is -0.138. The van der Waals surface area contributed by atoms with E-state index in [9.17, 15) is 18.8 Å². The summed E-state index contributed by atoms with van der Waals surface area (Å²) in [5.41, 5.74) is 2.49. The molecule has 1 aliphatic heterocycles. The number of rotatable bonds is 9. The maximum atomic E-state index is 14.4. The molecule has 3 N–H and O–H groups in total. The number of carbonyl (C=O) groups is 3. The lowest BCUT2D eigenvalue weighted by Gasteiger charge is -2.34. The second-order valence-corrected chi connectivity index (χ2v) is 10.3. The predicted octanol–water partition coefficient (Wildman–Crippen LogP) is 4.22. The van der Waals surface area contributed by atoms with Crippen LogP contribution in [0.5, 0.6) is 0 Å². The number of piperidine rings is 1. The molecule has 1 saturated heterocycles. The number of aryl methyl sites for hydroxylation is 1. The first-order valence-corrected chi connectivity index (χ1v) is 13.5. The second-order valence-electron chi connectivity index (χ2n) is 10.3. The fourth-order valence-corrected chi connectivity index (χ4v) is 4.91. The van der Waals surface area contributed by atoms with Crippen molar-refractivity contribution in [2.45, 2.75) is 71.0 Å². The van der Waals surface area contributed by atoms with E-state index in [4.69, 9.17) is 0 Å². The molecular weight excluding hydrogens is 497 g/mol. The molecule has 206 valence electrons. The van der Waals surface area contributed by atoms with Crippen molar-refractivity contribution >= 4 is 17.7 Å². The van der Waals surface area contributed by atoms with E-state index < -0.39 is 18.0 Å². The first-order valence-electron chi connectivity index (χ1n) is 13.5. The summed E-state index contributed by atoms with van der Waals surface area (Å²) < 4.78 is 14.4. The van der Waals surface area contributed by atoms with Crippen molar-refractivity contribution in [3.63, 3.8) is 0 Å². The molecule has 3 aromatic rings. The normalized spacial score (nSPS) is 16.8. The average molecular weight is 534 g/mol. The van der Waals surface area contributed by atoms with Crippen LogP contribution in [0.3, 0.4) is 0 Å². The standard InChI is InChI=1S/C30H36FN5O3/c1-19-12-13-23(24(31)15-19)26-18-32-29(35-26)21(3)33-30(39)25(17-28(38)36-14-8-7-9-20(36)2)34-27(37)16-22-10-5-4-6-11-22/h4-6,10-13,15,18,20-21,25H,7-9,14,16-17H2,1-3H3,(H,32,35)(H,33,39)(H,34,37)/t20-,21-,25-/m0/s1. The highest BCUT2D eigenvalue weighted by molar-refractivity contribution is 5.92. The van der Waals surface area contributed by atoms with Gasteiger partial charge in [-0.15, -0.1) is 0 Å². The van der Waals surface area contributed by atoms with Crippen LogP contribution in [-0.4, -0.2) is 51.2 Å². The number of nitrogens with zero attached hydrogens (tertiary/aromatic N) is 2. The summed E-state index contributed by atoms with van der Waals surface area (Å²) in [5.74, 6) is -0.924. The molecule has 2 aromatic carbocycles. The number of imidazole rings is 1. The zero-order valence-electron chi connectivity index (χ0n) is 22.7. The van der Waals surface area contributed by atoms with Crippen molar-refractivity contribution in [2.75, 3.05) is 6.54 Å². The van der Waals surface area contributed by atoms with Crippen molar-refractivity contribution in [2.24, 2.45) is 0 Å². The van der Waals surface area contributed by atoms with E-state index in [-0.39, 0.29) is 36.5 Å². The Labute approximate surface area is 228 Å². The molecule has 9 heteroatoms. The average Bonchev–Trinajstić information content (AvgIpc) is 3.39. The maximum Gasteiger partial charge on any atom is 0.243 e. The maximum absolute atomic E-state index is 14.4. The summed E-state index contributed by atoms with van der Waals surface area (Å²) in [7, 11) is 0. The summed E-state index contributed by atoms with van der Waals surface area (Å²) in [6.45, 7) is 6.21. The van der Waals surface area contributed by atoms with Gasteiger partial charge in [0.05, 0.1) is 30.8 Å². The first-order chi connectivity index (χ1) is 18.7. The first kappa shape index (κ1) is 28.0. The molecule has 0 saturated carbocycles. The lowest BCUT2D eigenvalue weighted by Crippen LogP contribution is -2.52. The summed E-state index contributed by atoms with van der Waals surface area (Å²) in [6.07, 6.45) is 4.39. The molecule has 1 aromatic heterocycles. The Morgan fingerprint density at radius 1 is 1.13 bits per heavy atom. The van der Waals surface area contributed by atoms with E-state index in [2.05, 4.69) is 20.6 Å². The van der Waals surface area contributed by atoms with Gasteiger partial charge < -0.3 is 20.5 Å². The Kier molecular flexibility index (Phi) is 9.11. The van der Waals surface area contributed by atoms with Crippen molar-refractivity contribution in [1.29, 1.82) is 0 Å². The number of halogens is 1. The monoisotopic (exact) mass is 533 g/mol. The van der Waals surface area contributed by atoms with Gasteiger partial charge in [0.2, 0.25) is 17.7 Å². The third-order valence-electron chi connectivity index (χ3n) is 7.14. The molecule has 8 nitrogen and oxygen atoms in total. The molecular formula is C30H36FN5O3. The number of hydrogen-bond donors (Lipinski definition) is 3. The summed E-state index contributed by atoms with van der Waals surface area (Å²) in [5, 5.41) is 5.63. The molecule has 0 unspecified atom stereocenters. The quantitative estimate of drug-likeness (QED) is 0.383. The zero-order chi connectivity index (χ0) is 27.9. The third-order valence-corrected chi connectivity index (χ3v) is 7.14. The van der Waals surface area contributed by atoms with Crippen molar-refractivity contribution < 1.29 is 18.8 Å². The molecule has 0 radical (unpaired) electrons. The summed E-state index contributed by atoms with van der Waals surface area (Å²) >= 11 is 0. The van der Waals surface area contributed by atoms with Crippen LogP contribution in [0, 0.1) is 12.7 Å². The van der Waals surface area contributed by atoms with Gasteiger partial charge in [-0.05, 0) is 63.3 Å². The highest BCUT2D eigenvalue weighted by Gasteiger charge is 2.30. The van der Waals surface area contributed by atoms with Gasteiger partial charge in [-0.3, -0.25) is 14.4 Å². The molecule has 0 spiro atoms. The largest absolute Gasteiger partial charge is 0.345 e.